The summed E-state index contributed by atoms with van der Waals surface area (Å²) in [4.78, 5) is 18.2. The molecule has 0 saturated carbocycles. The van der Waals surface area contributed by atoms with Crippen LogP contribution in [0.5, 0.6) is 5.75 Å². The molecule has 0 aliphatic rings. The minimum absolute atomic E-state index is 0.0976. The van der Waals surface area contributed by atoms with E-state index in [2.05, 4.69) is 25.7 Å². The standard InChI is InChI=1S/C16H15F3N6O2/c1-10(26)23-11-3-2-4-12(7-11)27-6-5-20-14-8-13(16(17,18)19)24-15-21-9-22-25(14)15/h2-4,7-9,20H,5-6H2,1H3,(H,23,26). The average molecular weight is 380 g/mol. The molecule has 11 heteroatoms. The molecule has 3 aromatic rings. The number of hydrogen-bond donors (Lipinski definition) is 2. The van der Waals surface area contributed by atoms with E-state index >= 15 is 0 Å². The molecule has 3 rings (SSSR count). The molecule has 0 unspecified atom stereocenters. The topological polar surface area (TPSA) is 93.4 Å². The van der Waals surface area contributed by atoms with Crippen LogP contribution in [0.1, 0.15) is 12.6 Å². The van der Waals surface area contributed by atoms with Gasteiger partial charge in [-0.15, -0.1) is 0 Å². The maximum absolute atomic E-state index is 12.9. The summed E-state index contributed by atoms with van der Waals surface area (Å²) < 4.78 is 45.5. The van der Waals surface area contributed by atoms with E-state index in [4.69, 9.17) is 4.74 Å². The van der Waals surface area contributed by atoms with Gasteiger partial charge in [0.25, 0.3) is 5.78 Å². The monoisotopic (exact) mass is 380 g/mol. The molecule has 0 aliphatic carbocycles. The molecule has 0 fully saturated rings. The Morgan fingerprint density at radius 3 is 2.85 bits per heavy atom. The number of carbonyl (C=O) groups is 1. The minimum atomic E-state index is -4.59. The van der Waals surface area contributed by atoms with Crippen LogP contribution in [0.3, 0.4) is 0 Å². The summed E-state index contributed by atoms with van der Waals surface area (Å²) in [6, 6.07) is 7.63. The van der Waals surface area contributed by atoms with Gasteiger partial charge in [-0.1, -0.05) is 6.07 Å². The number of ether oxygens (including phenoxy) is 1. The number of rotatable bonds is 6. The van der Waals surface area contributed by atoms with E-state index in [0.29, 0.717) is 11.4 Å². The lowest BCUT2D eigenvalue weighted by Gasteiger charge is -2.12. The fraction of sp³-hybridized carbons (Fsp3) is 0.250. The Hall–Kier alpha value is -3.37. The van der Waals surface area contributed by atoms with Gasteiger partial charge in [0.1, 0.15) is 24.5 Å². The molecular weight excluding hydrogens is 365 g/mol. The number of hydrogen-bond acceptors (Lipinski definition) is 6. The van der Waals surface area contributed by atoms with Crippen LogP contribution < -0.4 is 15.4 Å². The highest BCUT2D eigenvalue weighted by atomic mass is 19.4. The molecule has 0 bridgehead atoms. The summed E-state index contributed by atoms with van der Waals surface area (Å²) in [7, 11) is 0. The average Bonchev–Trinajstić information content (AvgIpc) is 3.06. The van der Waals surface area contributed by atoms with Gasteiger partial charge in [0, 0.05) is 24.7 Å². The van der Waals surface area contributed by atoms with Crippen molar-refractivity contribution in [2.75, 3.05) is 23.8 Å². The van der Waals surface area contributed by atoms with Crippen molar-refractivity contribution < 1.29 is 22.7 Å². The lowest BCUT2D eigenvalue weighted by atomic mass is 10.3. The van der Waals surface area contributed by atoms with Crippen LogP contribution in [0.25, 0.3) is 5.78 Å². The lowest BCUT2D eigenvalue weighted by Crippen LogP contribution is -2.17. The Morgan fingerprint density at radius 2 is 2.11 bits per heavy atom. The SMILES string of the molecule is CC(=O)Nc1cccc(OCCNc2cc(C(F)(F)F)nc3ncnn23)c1. The number of halogens is 3. The molecule has 0 atom stereocenters. The van der Waals surface area contributed by atoms with Crippen molar-refractivity contribution >= 4 is 23.2 Å². The Morgan fingerprint density at radius 1 is 1.30 bits per heavy atom. The van der Waals surface area contributed by atoms with E-state index in [1.807, 2.05) is 0 Å². The molecule has 142 valence electrons. The number of nitrogens with one attached hydrogen (secondary N) is 2. The first-order valence-corrected chi connectivity index (χ1v) is 7.85. The highest BCUT2D eigenvalue weighted by Gasteiger charge is 2.34. The number of benzene rings is 1. The van der Waals surface area contributed by atoms with Crippen molar-refractivity contribution in [2.45, 2.75) is 13.1 Å². The van der Waals surface area contributed by atoms with Crippen LogP contribution in [0.2, 0.25) is 0 Å². The number of alkyl halides is 3. The predicted molar refractivity (Wildman–Crippen MR) is 90.5 cm³/mol. The minimum Gasteiger partial charge on any atom is -0.492 e. The number of aromatic nitrogens is 4. The van der Waals surface area contributed by atoms with Gasteiger partial charge >= 0.3 is 6.18 Å². The molecule has 0 aliphatic heterocycles. The first-order chi connectivity index (χ1) is 12.8. The van der Waals surface area contributed by atoms with Crippen molar-refractivity contribution in [3.05, 3.63) is 42.4 Å². The smallest absolute Gasteiger partial charge is 0.433 e. The summed E-state index contributed by atoms with van der Waals surface area (Å²) in [6.45, 7) is 1.77. The van der Waals surface area contributed by atoms with E-state index in [1.54, 1.807) is 24.3 Å². The summed E-state index contributed by atoms with van der Waals surface area (Å²) in [5.41, 5.74) is -0.476. The predicted octanol–water partition coefficient (Wildman–Crippen LogP) is 2.59. The third kappa shape index (κ3) is 4.63. The Labute approximate surface area is 151 Å². The van der Waals surface area contributed by atoms with E-state index in [-0.39, 0.29) is 30.7 Å². The molecule has 0 radical (unpaired) electrons. The molecule has 2 N–H and O–H groups in total. The maximum Gasteiger partial charge on any atom is 0.433 e. The van der Waals surface area contributed by atoms with Crippen LogP contribution in [0, 0.1) is 0 Å². The maximum atomic E-state index is 12.9. The zero-order chi connectivity index (χ0) is 19.4. The van der Waals surface area contributed by atoms with Gasteiger partial charge < -0.3 is 15.4 Å². The van der Waals surface area contributed by atoms with Gasteiger partial charge in [-0.05, 0) is 12.1 Å². The Kier molecular flexibility index (Phi) is 5.10. The van der Waals surface area contributed by atoms with E-state index in [9.17, 15) is 18.0 Å². The molecule has 2 aromatic heterocycles. The van der Waals surface area contributed by atoms with Crippen molar-refractivity contribution in [3.8, 4) is 5.75 Å². The fourth-order valence-electron chi connectivity index (χ4n) is 2.30. The second-order valence-corrected chi connectivity index (χ2v) is 5.48. The van der Waals surface area contributed by atoms with Crippen molar-refractivity contribution in [3.63, 3.8) is 0 Å². The Bertz CT molecular complexity index is 957. The number of nitrogens with zero attached hydrogens (tertiary/aromatic N) is 4. The summed E-state index contributed by atoms with van der Waals surface area (Å²) in [6.07, 6.45) is -3.47. The van der Waals surface area contributed by atoms with Crippen LogP contribution in [-0.4, -0.2) is 38.6 Å². The van der Waals surface area contributed by atoms with Gasteiger partial charge in [-0.3, -0.25) is 4.79 Å². The van der Waals surface area contributed by atoms with Crippen molar-refractivity contribution in [1.82, 2.24) is 19.6 Å². The first kappa shape index (κ1) is 18.4. The van der Waals surface area contributed by atoms with Gasteiger partial charge in [0.15, 0.2) is 5.69 Å². The molecule has 27 heavy (non-hydrogen) atoms. The van der Waals surface area contributed by atoms with Gasteiger partial charge in [0.2, 0.25) is 5.91 Å². The van der Waals surface area contributed by atoms with E-state index in [1.165, 1.54) is 11.4 Å². The van der Waals surface area contributed by atoms with Gasteiger partial charge in [-0.25, -0.2) is 4.98 Å². The molecule has 1 aromatic carbocycles. The molecule has 8 nitrogen and oxygen atoms in total. The second kappa shape index (κ2) is 7.48. The number of fused-ring (bicyclic) bond motifs is 1. The highest BCUT2D eigenvalue weighted by Crippen LogP contribution is 2.29. The van der Waals surface area contributed by atoms with Crippen LogP contribution in [-0.2, 0) is 11.0 Å². The van der Waals surface area contributed by atoms with Crippen molar-refractivity contribution in [1.29, 1.82) is 0 Å². The highest BCUT2D eigenvalue weighted by molar-refractivity contribution is 5.88. The zero-order valence-electron chi connectivity index (χ0n) is 14.1. The van der Waals surface area contributed by atoms with Crippen LogP contribution >= 0.6 is 0 Å². The lowest BCUT2D eigenvalue weighted by molar-refractivity contribution is -0.141. The van der Waals surface area contributed by atoms with Crippen LogP contribution in [0.4, 0.5) is 24.7 Å². The quantitative estimate of drug-likeness (QED) is 0.639. The zero-order valence-corrected chi connectivity index (χ0v) is 14.1. The number of amides is 1. The molecule has 2 heterocycles. The number of carbonyl (C=O) groups excluding carboxylic acids is 1. The van der Waals surface area contributed by atoms with Crippen molar-refractivity contribution in [2.24, 2.45) is 0 Å². The van der Waals surface area contributed by atoms with E-state index < -0.39 is 11.9 Å². The molecule has 0 spiro atoms. The van der Waals surface area contributed by atoms with Gasteiger partial charge in [-0.2, -0.15) is 27.8 Å². The first-order valence-electron chi connectivity index (χ1n) is 7.85. The summed E-state index contributed by atoms with van der Waals surface area (Å²) >= 11 is 0. The van der Waals surface area contributed by atoms with Gasteiger partial charge in [0.05, 0.1) is 6.54 Å². The largest absolute Gasteiger partial charge is 0.492 e. The second-order valence-electron chi connectivity index (χ2n) is 5.48. The summed E-state index contributed by atoms with van der Waals surface area (Å²) in [5.74, 6) is 0.250. The summed E-state index contributed by atoms with van der Waals surface area (Å²) in [5, 5.41) is 9.31. The third-order valence-electron chi connectivity index (χ3n) is 3.37. The van der Waals surface area contributed by atoms with E-state index in [0.717, 1.165) is 12.4 Å². The molecule has 0 saturated heterocycles. The third-order valence-corrected chi connectivity index (χ3v) is 3.37. The van der Waals surface area contributed by atoms with Crippen LogP contribution in [0.15, 0.2) is 36.7 Å². The molecule has 1 amide bonds. The molecular formula is C16H15F3N6O2. The fourth-order valence-corrected chi connectivity index (χ4v) is 2.30. The Balaban J connectivity index is 1.64. The number of anilines is 2. The normalized spacial score (nSPS) is 11.4.